The SMILES string of the molecule is N#Cc1cccc(NCC(=O)N2CCCCCC2)c1. The Morgan fingerprint density at radius 3 is 2.68 bits per heavy atom. The fourth-order valence-corrected chi connectivity index (χ4v) is 2.31. The zero-order chi connectivity index (χ0) is 13.5. The molecule has 0 saturated carbocycles. The van der Waals surface area contributed by atoms with Crippen LogP contribution in [0.2, 0.25) is 0 Å². The van der Waals surface area contributed by atoms with E-state index in [1.165, 1.54) is 12.8 Å². The van der Waals surface area contributed by atoms with Gasteiger partial charge in [0, 0.05) is 18.8 Å². The highest BCUT2D eigenvalue weighted by Crippen LogP contribution is 2.12. The van der Waals surface area contributed by atoms with E-state index in [-0.39, 0.29) is 5.91 Å². The second-order valence-electron chi connectivity index (χ2n) is 4.84. The summed E-state index contributed by atoms with van der Waals surface area (Å²) in [5.41, 5.74) is 1.43. The highest BCUT2D eigenvalue weighted by atomic mass is 16.2. The number of carbonyl (C=O) groups is 1. The van der Waals surface area contributed by atoms with Crippen LogP contribution in [0.5, 0.6) is 0 Å². The number of rotatable bonds is 3. The molecule has 1 fully saturated rings. The first-order chi connectivity index (χ1) is 9.29. The molecule has 0 atom stereocenters. The molecule has 0 radical (unpaired) electrons. The molecule has 0 spiro atoms. The third-order valence-corrected chi connectivity index (χ3v) is 3.39. The Bertz CT molecular complexity index is 471. The molecular formula is C15H19N3O. The number of nitrogens with zero attached hydrogens (tertiary/aromatic N) is 2. The summed E-state index contributed by atoms with van der Waals surface area (Å²) in [6, 6.07) is 9.29. The summed E-state index contributed by atoms with van der Waals surface area (Å²) in [7, 11) is 0. The summed E-state index contributed by atoms with van der Waals surface area (Å²) in [6.07, 6.45) is 4.66. The van der Waals surface area contributed by atoms with Crippen LogP contribution >= 0.6 is 0 Å². The number of hydrogen-bond donors (Lipinski definition) is 1. The van der Waals surface area contributed by atoms with E-state index in [4.69, 9.17) is 5.26 Å². The second-order valence-corrected chi connectivity index (χ2v) is 4.84. The van der Waals surface area contributed by atoms with Gasteiger partial charge in [-0.25, -0.2) is 0 Å². The van der Waals surface area contributed by atoms with Crippen LogP contribution in [0.25, 0.3) is 0 Å². The standard InChI is InChI=1S/C15H19N3O/c16-11-13-6-5-7-14(10-13)17-12-15(19)18-8-3-1-2-4-9-18/h5-7,10,17H,1-4,8-9,12H2. The molecule has 1 N–H and O–H groups in total. The van der Waals surface area contributed by atoms with E-state index in [1.54, 1.807) is 12.1 Å². The summed E-state index contributed by atoms with van der Waals surface area (Å²) >= 11 is 0. The van der Waals surface area contributed by atoms with Crippen LogP contribution in [0.1, 0.15) is 31.2 Å². The fraction of sp³-hybridized carbons (Fsp3) is 0.467. The summed E-state index contributed by atoms with van der Waals surface area (Å²) in [6.45, 7) is 2.05. The Morgan fingerprint density at radius 2 is 2.00 bits per heavy atom. The monoisotopic (exact) mass is 257 g/mol. The molecule has 19 heavy (non-hydrogen) atoms. The number of carbonyl (C=O) groups excluding carboxylic acids is 1. The molecule has 1 saturated heterocycles. The van der Waals surface area contributed by atoms with Gasteiger partial charge in [-0.3, -0.25) is 4.79 Å². The van der Waals surface area contributed by atoms with Crippen molar-refractivity contribution in [3.63, 3.8) is 0 Å². The van der Waals surface area contributed by atoms with Gasteiger partial charge in [-0.2, -0.15) is 5.26 Å². The van der Waals surface area contributed by atoms with Crippen LogP contribution in [0.4, 0.5) is 5.69 Å². The maximum absolute atomic E-state index is 12.1. The lowest BCUT2D eigenvalue weighted by Crippen LogP contribution is -2.36. The molecule has 100 valence electrons. The lowest BCUT2D eigenvalue weighted by Gasteiger charge is -2.20. The zero-order valence-corrected chi connectivity index (χ0v) is 11.1. The van der Waals surface area contributed by atoms with Crippen molar-refractivity contribution in [1.29, 1.82) is 5.26 Å². The zero-order valence-electron chi connectivity index (χ0n) is 11.1. The van der Waals surface area contributed by atoms with Crippen molar-refractivity contribution in [2.24, 2.45) is 0 Å². The van der Waals surface area contributed by atoms with Gasteiger partial charge in [0.25, 0.3) is 0 Å². The van der Waals surface area contributed by atoms with E-state index < -0.39 is 0 Å². The Hall–Kier alpha value is -2.02. The topological polar surface area (TPSA) is 56.1 Å². The quantitative estimate of drug-likeness (QED) is 0.904. The largest absolute Gasteiger partial charge is 0.376 e. The van der Waals surface area contributed by atoms with Crippen molar-refractivity contribution in [1.82, 2.24) is 4.90 Å². The van der Waals surface area contributed by atoms with Crippen molar-refractivity contribution in [3.8, 4) is 6.07 Å². The first-order valence-corrected chi connectivity index (χ1v) is 6.81. The van der Waals surface area contributed by atoms with Crippen LogP contribution in [-0.4, -0.2) is 30.4 Å². The molecule has 4 nitrogen and oxygen atoms in total. The summed E-state index contributed by atoms with van der Waals surface area (Å²) in [4.78, 5) is 14.0. The van der Waals surface area contributed by atoms with Crippen LogP contribution in [0.15, 0.2) is 24.3 Å². The van der Waals surface area contributed by atoms with Crippen molar-refractivity contribution in [3.05, 3.63) is 29.8 Å². The second kappa shape index (κ2) is 6.79. The first kappa shape index (κ1) is 13.4. The number of anilines is 1. The Labute approximate surface area is 114 Å². The number of hydrogen-bond acceptors (Lipinski definition) is 3. The molecule has 1 aromatic carbocycles. The third-order valence-electron chi connectivity index (χ3n) is 3.39. The lowest BCUT2D eigenvalue weighted by atomic mass is 10.2. The van der Waals surface area contributed by atoms with Crippen LogP contribution in [0, 0.1) is 11.3 Å². The Balaban J connectivity index is 1.87. The highest BCUT2D eigenvalue weighted by Gasteiger charge is 2.14. The minimum absolute atomic E-state index is 0.143. The maximum Gasteiger partial charge on any atom is 0.241 e. The van der Waals surface area contributed by atoms with Gasteiger partial charge in [-0.15, -0.1) is 0 Å². The van der Waals surface area contributed by atoms with E-state index in [0.717, 1.165) is 31.6 Å². The van der Waals surface area contributed by atoms with Crippen molar-refractivity contribution < 1.29 is 4.79 Å². The molecule has 2 rings (SSSR count). The van der Waals surface area contributed by atoms with Gasteiger partial charge in [0.2, 0.25) is 5.91 Å². The minimum atomic E-state index is 0.143. The summed E-state index contributed by atoms with van der Waals surface area (Å²) in [5, 5.41) is 11.9. The van der Waals surface area contributed by atoms with E-state index in [9.17, 15) is 4.79 Å². The number of likely N-dealkylation sites (tertiary alicyclic amines) is 1. The molecular weight excluding hydrogens is 238 g/mol. The van der Waals surface area contributed by atoms with E-state index >= 15 is 0 Å². The molecule has 0 aromatic heterocycles. The first-order valence-electron chi connectivity index (χ1n) is 6.81. The molecule has 0 bridgehead atoms. The van der Waals surface area contributed by atoms with Crippen molar-refractivity contribution in [2.45, 2.75) is 25.7 Å². The van der Waals surface area contributed by atoms with Gasteiger partial charge in [0.1, 0.15) is 0 Å². The van der Waals surface area contributed by atoms with Gasteiger partial charge >= 0.3 is 0 Å². The Morgan fingerprint density at radius 1 is 1.26 bits per heavy atom. The van der Waals surface area contributed by atoms with Crippen molar-refractivity contribution in [2.75, 3.05) is 25.0 Å². The number of nitrogens with one attached hydrogen (secondary N) is 1. The molecule has 1 aromatic rings. The summed E-state index contributed by atoms with van der Waals surface area (Å²) < 4.78 is 0. The van der Waals surface area contributed by atoms with Gasteiger partial charge in [-0.05, 0) is 31.0 Å². The smallest absolute Gasteiger partial charge is 0.241 e. The minimum Gasteiger partial charge on any atom is -0.376 e. The number of benzene rings is 1. The van der Waals surface area contributed by atoms with Crippen molar-refractivity contribution >= 4 is 11.6 Å². The van der Waals surface area contributed by atoms with Gasteiger partial charge in [0.05, 0.1) is 18.2 Å². The molecule has 1 amide bonds. The van der Waals surface area contributed by atoms with Gasteiger partial charge in [0.15, 0.2) is 0 Å². The molecule has 1 aliphatic heterocycles. The molecule has 0 unspecified atom stereocenters. The molecule has 1 aliphatic rings. The molecule has 1 heterocycles. The predicted octanol–water partition coefficient (Wildman–Crippen LogP) is 2.37. The van der Waals surface area contributed by atoms with Crippen LogP contribution < -0.4 is 5.32 Å². The Kier molecular flexibility index (Phi) is 4.79. The fourth-order valence-electron chi connectivity index (χ4n) is 2.31. The predicted molar refractivity (Wildman–Crippen MR) is 74.7 cm³/mol. The molecule has 4 heteroatoms. The average Bonchev–Trinajstić information content (AvgIpc) is 2.74. The van der Waals surface area contributed by atoms with Gasteiger partial charge in [-0.1, -0.05) is 18.9 Å². The van der Waals surface area contributed by atoms with Gasteiger partial charge < -0.3 is 10.2 Å². The normalized spacial score (nSPS) is 15.4. The number of nitriles is 1. The number of amides is 1. The summed E-state index contributed by atoms with van der Waals surface area (Å²) in [5.74, 6) is 0.143. The third kappa shape index (κ3) is 3.99. The maximum atomic E-state index is 12.1. The van der Waals surface area contributed by atoms with E-state index in [0.29, 0.717) is 12.1 Å². The van der Waals surface area contributed by atoms with E-state index in [2.05, 4.69) is 11.4 Å². The molecule has 0 aliphatic carbocycles. The average molecular weight is 257 g/mol. The van der Waals surface area contributed by atoms with E-state index in [1.807, 2.05) is 17.0 Å². The van der Waals surface area contributed by atoms with Crippen LogP contribution in [-0.2, 0) is 4.79 Å². The highest BCUT2D eigenvalue weighted by molar-refractivity contribution is 5.81. The lowest BCUT2D eigenvalue weighted by molar-refractivity contribution is -0.129. The van der Waals surface area contributed by atoms with Crippen LogP contribution in [0.3, 0.4) is 0 Å².